The van der Waals surface area contributed by atoms with Gasteiger partial charge < -0.3 is 20.9 Å². The number of guanidine groups is 1. The Morgan fingerprint density at radius 2 is 1.58 bits per heavy atom. The Bertz CT molecular complexity index is 1150. The van der Waals surface area contributed by atoms with Gasteiger partial charge in [0.15, 0.2) is 0 Å². The number of aliphatic imine (C=N–C) groups is 1. The highest BCUT2D eigenvalue weighted by Crippen LogP contribution is 2.26. The summed E-state index contributed by atoms with van der Waals surface area (Å²) in [7, 11) is 3.95. The number of benzene rings is 3. The SMILES string of the molecule is CN(C)CCNC(=O)CC[C@H](Cc1ccccc1)N(C(N)=NC#N)c1ccc(-c2ccccc2)cc1. The van der Waals surface area contributed by atoms with Gasteiger partial charge in [-0.1, -0.05) is 72.8 Å². The van der Waals surface area contributed by atoms with Gasteiger partial charge in [0.1, 0.15) is 0 Å². The number of nitrogens with one attached hydrogen (secondary N) is 1. The van der Waals surface area contributed by atoms with E-state index in [0.29, 0.717) is 25.8 Å². The van der Waals surface area contributed by atoms with E-state index >= 15 is 0 Å². The monoisotopic (exact) mass is 482 g/mol. The third-order valence-electron chi connectivity index (χ3n) is 5.93. The fourth-order valence-corrected chi connectivity index (χ4v) is 4.09. The molecule has 3 aromatic rings. The maximum absolute atomic E-state index is 12.6. The molecule has 0 fully saturated rings. The molecule has 1 amide bonds. The number of hydrogen-bond acceptors (Lipinski definition) is 4. The van der Waals surface area contributed by atoms with Gasteiger partial charge in [-0.05, 0) is 55.8 Å². The zero-order chi connectivity index (χ0) is 25.8. The lowest BCUT2D eigenvalue weighted by Crippen LogP contribution is -2.46. The third kappa shape index (κ3) is 7.97. The summed E-state index contributed by atoms with van der Waals surface area (Å²) in [5.41, 5.74) is 10.5. The highest BCUT2D eigenvalue weighted by atomic mass is 16.1. The summed E-state index contributed by atoms with van der Waals surface area (Å²) in [4.78, 5) is 20.3. The minimum atomic E-state index is -0.174. The molecule has 7 nitrogen and oxygen atoms in total. The summed E-state index contributed by atoms with van der Waals surface area (Å²) in [5, 5.41) is 12.2. The lowest BCUT2D eigenvalue weighted by atomic mass is 9.98. The van der Waals surface area contributed by atoms with E-state index in [1.807, 2.05) is 90.8 Å². The Hall–Kier alpha value is -4.15. The van der Waals surface area contributed by atoms with E-state index in [2.05, 4.69) is 34.6 Å². The van der Waals surface area contributed by atoms with Crippen molar-refractivity contribution in [3.63, 3.8) is 0 Å². The van der Waals surface area contributed by atoms with Crippen LogP contribution < -0.4 is 16.0 Å². The van der Waals surface area contributed by atoms with E-state index in [0.717, 1.165) is 28.9 Å². The van der Waals surface area contributed by atoms with Gasteiger partial charge >= 0.3 is 0 Å². The highest BCUT2D eigenvalue weighted by Gasteiger charge is 2.24. The molecule has 3 N–H and O–H groups in total. The van der Waals surface area contributed by atoms with Crippen LogP contribution in [-0.2, 0) is 11.2 Å². The lowest BCUT2D eigenvalue weighted by Gasteiger charge is -2.33. The molecule has 0 saturated heterocycles. The van der Waals surface area contributed by atoms with Crippen LogP contribution in [0.2, 0.25) is 0 Å². The first-order chi connectivity index (χ1) is 17.5. The third-order valence-corrected chi connectivity index (χ3v) is 5.93. The van der Waals surface area contributed by atoms with Crippen molar-refractivity contribution in [2.45, 2.75) is 25.3 Å². The Morgan fingerprint density at radius 3 is 2.19 bits per heavy atom. The molecule has 0 saturated carbocycles. The number of hydrogen-bond donors (Lipinski definition) is 2. The van der Waals surface area contributed by atoms with E-state index < -0.39 is 0 Å². The van der Waals surface area contributed by atoms with Gasteiger partial charge in [0.05, 0.1) is 0 Å². The zero-order valence-electron chi connectivity index (χ0n) is 21.0. The van der Waals surface area contributed by atoms with Crippen LogP contribution in [0.15, 0.2) is 89.9 Å². The predicted octanol–water partition coefficient (Wildman–Crippen LogP) is 4.03. The molecule has 3 aromatic carbocycles. The minimum absolute atomic E-state index is 0.00918. The van der Waals surface area contributed by atoms with Crippen molar-refractivity contribution in [3.05, 3.63) is 90.5 Å². The molecule has 0 aliphatic heterocycles. The topological polar surface area (TPSA) is 97.8 Å². The predicted molar refractivity (Wildman–Crippen MR) is 146 cm³/mol. The second-order valence-corrected chi connectivity index (χ2v) is 8.89. The Kier molecular flexibility index (Phi) is 10.0. The van der Waals surface area contributed by atoms with Crippen LogP contribution in [0.25, 0.3) is 11.1 Å². The number of rotatable bonds is 11. The minimum Gasteiger partial charge on any atom is -0.369 e. The summed E-state index contributed by atoms with van der Waals surface area (Å²) in [6.07, 6.45) is 3.34. The highest BCUT2D eigenvalue weighted by molar-refractivity contribution is 5.96. The summed E-state index contributed by atoms with van der Waals surface area (Å²) >= 11 is 0. The molecule has 0 aromatic heterocycles. The normalized spacial score (nSPS) is 12.1. The van der Waals surface area contributed by atoms with Gasteiger partial charge in [-0.3, -0.25) is 4.79 Å². The molecule has 0 spiro atoms. The Morgan fingerprint density at radius 1 is 0.972 bits per heavy atom. The van der Waals surface area contributed by atoms with E-state index in [1.54, 1.807) is 0 Å². The van der Waals surface area contributed by atoms with Gasteiger partial charge in [0, 0.05) is 31.2 Å². The second kappa shape index (κ2) is 13.7. The number of nitrogens with zero attached hydrogens (tertiary/aromatic N) is 4. The van der Waals surface area contributed by atoms with Gasteiger partial charge in [0.2, 0.25) is 18.1 Å². The van der Waals surface area contributed by atoms with Crippen molar-refractivity contribution >= 4 is 17.6 Å². The number of nitrogens with two attached hydrogens (primary N) is 1. The van der Waals surface area contributed by atoms with E-state index in [-0.39, 0.29) is 17.9 Å². The van der Waals surface area contributed by atoms with E-state index in [1.165, 1.54) is 0 Å². The van der Waals surface area contributed by atoms with Crippen LogP contribution in [0.4, 0.5) is 5.69 Å². The lowest BCUT2D eigenvalue weighted by molar-refractivity contribution is -0.121. The van der Waals surface area contributed by atoms with Crippen molar-refractivity contribution in [1.82, 2.24) is 10.2 Å². The molecular weight excluding hydrogens is 448 g/mol. The smallest absolute Gasteiger partial charge is 0.220 e. The molecule has 0 heterocycles. The molecule has 36 heavy (non-hydrogen) atoms. The summed E-state index contributed by atoms with van der Waals surface area (Å²) in [6, 6.07) is 28.0. The zero-order valence-corrected chi connectivity index (χ0v) is 21.0. The molecule has 7 heteroatoms. The summed E-state index contributed by atoms with van der Waals surface area (Å²) < 4.78 is 0. The van der Waals surface area contributed by atoms with Crippen molar-refractivity contribution in [2.24, 2.45) is 10.7 Å². The molecule has 3 rings (SSSR count). The molecule has 0 unspecified atom stereocenters. The van der Waals surface area contributed by atoms with Gasteiger partial charge in [0.25, 0.3) is 0 Å². The fourth-order valence-electron chi connectivity index (χ4n) is 4.09. The maximum Gasteiger partial charge on any atom is 0.220 e. The number of carbonyl (C=O) groups excluding carboxylic acids is 1. The van der Waals surface area contributed by atoms with Crippen LogP contribution in [0.3, 0.4) is 0 Å². The average molecular weight is 483 g/mol. The van der Waals surface area contributed by atoms with Crippen molar-refractivity contribution in [1.29, 1.82) is 5.26 Å². The van der Waals surface area contributed by atoms with Crippen LogP contribution in [0.5, 0.6) is 0 Å². The molecule has 0 aliphatic carbocycles. The van der Waals surface area contributed by atoms with Crippen molar-refractivity contribution in [3.8, 4) is 17.3 Å². The van der Waals surface area contributed by atoms with Crippen molar-refractivity contribution < 1.29 is 4.79 Å². The van der Waals surface area contributed by atoms with Gasteiger partial charge in [-0.2, -0.15) is 5.26 Å². The first-order valence-corrected chi connectivity index (χ1v) is 12.1. The second-order valence-electron chi connectivity index (χ2n) is 8.89. The molecular formula is C29H34N6O. The van der Waals surface area contributed by atoms with Crippen molar-refractivity contribution in [2.75, 3.05) is 32.1 Å². The number of amides is 1. The Balaban J connectivity index is 1.87. The average Bonchev–Trinajstić information content (AvgIpc) is 2.89. The summed E-state index contributed by atoms with van der Waals surface area (Å²) in [6.45, 7) is 1.37. The number of nitriles is 1. The van der Waals surface area contributed by atoms with Gasteiger partial charge in [-0.15, -0.1) is 4.99 Å². The number of carbonyl (C=O) groups is 1. The Labute approximate surface area is 213 Å². The standard InChI is InChI=1S/C29H34N6O/c1-34(2)20-19-32-28(36)18-17-27(21-23-9-5-3-6-10-23)35(29(31)33-22-30)26-15-13-25(14-16-26)24-11-7-4-8-12-24/h3-16,27H,17-21H2,1-2H3,(H2,31,33)(H,32,36)/t27-/m1/s1. The molecule has 0 aliphatic rings. The van der Waals surface area contributed by atoms with Gasteiger partial charge in [-0.25, -0.2) is 0 Å². The summed E-state index contributed by atoms with van der Waals surface area (Å²) in [5.74, 6) is 0.101. The van der Waals surface area contributed by atoms with Crippen LogP contribution >= 0.6 is 0 Å². The molecule has 0 radical (unpaired) electrons. The van der Waals surface area contributed by atoms with E-state index in [9.17, 15) is 10.1 Å². The van der Waals surface area contributed by atoms with E-state index in [4.69, 9.17) is 5.73 Å². The van der Waals surface area contributed by atoms with Crippen LogP contribution in [-0.4, -0.2) is 50.0 Å². The largest absolute Gasteiger partial charge is 0.369 e. The van der Waals surface area contributed by atoms with Crippen LogP contribution in [0.1, 0.15) is 18.4 Å². The first-order valence-electron chi connectivity index (χ1n) is 12.1. The number of likely N-dealkylation sites (N-methyl/N-ethyl adjacent to an activating group) is 1. The quantitative estimate of drug-likeness (QED) is 0.244. The maximum atomic E-state index is 12.6. The molecule has 1 atom stereocenters. The first kappa shape index (κ1) is 26.5. The fraction of sp³-hybridized carbons (Fsp3) is 0.276. The van der Waals surface area contributed by atoms with Crippen LogP contribution in [0, 0.1) is 11.5 Å². The number of anilines is 1. The molecule has 0 bridgehead atoms. The molecule has 186 valence electrons.